The number of nitrogens with two attached hydrogens (primary N) is 2. The number of carbonyl (C=O) groups excluding carboxylic acids is 2. The number of benzene rings is 2. The smallest absolute Gasteiger partial charge is 0.240 e. The average molecular weight is 532 g/mol. The van der Waals surface area contributed by atoms with Crippen LogP contribution in [0.15, 0.2) is 42.5 Å². The van der Waals surface area contributed by atoms with Crippen LogP contribution < -0.4 is 21.5 Å². The molecular formula is C29H42FN3O5. The Kier molecular flexibility index (Phi) is 13.8. The molecule has 9 heteroatoms. The fourth-order valence-corrected chi connectivity index (χ4v) is 3.94. The van der Waals surface area contributed by atoms with Gasteiger partial charge in [0, 0.05) is 38.2 Å². The van der Waals surface area contributed by atoms with E-state index in [4.69, 9.17) is 25.7 Å². The SMILES string of the molecule is CCC(C)C(NC(=O)CCCC(N)COCc1ccc(-c2ccc(F)cc2)c(OCCCOC)c1)C(N)=O. The van der Waals surface area contributed by atoms with E-state index in [0.29, 0.717) is 45.0 Å². The molecule has 0 saturated heterocycles. The fourth-order valence-electron chi connectivity index (χ4n) is 3.94. The van der Waals surface area contributed by atoms with Crippen molar-refractivity contribution in [2.75, 3.05) is 26.9 Å². The second-order valence-electron chi connectivity index (χ2n) is 9.53. The van der Waals surface area contributed by atoms with E-state index in [1.807, 2.05) is 32.0 Å². The van der Waals surface area contributed by atoms with Crippen LogP contribution in [0.1, 0.15) is 51.5 Å². The van der Waals surface area contributed by atoms with E-state index in [-0.39, 0.29) is 30.1 Å². The van der Waals surface area contributed by atoms with Crippen molar-refractivity contribution in [2.45, 2.75) is 64.6 Å². The molecule has 0 aliphatic carbocycles. The van der Waals surface area contributed by atoms with Gasteiger partial charge in [-0.05, 0) is 48.1 Å². The van der Waals surface area contributed by atoms with Crippen molar-refractivity contribution in [3.63, 3.8) is 0 Å². The Hall–Kier alpha value is -3.01. The topological polar surface area (TPSA) is 126 Å². The Morgan fingerprint density at radius 3 is 2.47 bits per heavy atom. The fraction of sp³-hybridized carbons (Fsp3) is 0.517. The molecule has 0 bridgehead atoms. The third-order valence-corrected chi connectivity index (χ3v) is 6.37. The first-order valence-corrected chi connectivity index (χ1v) is 13.2. The van der Waals surface area contributed by atoms with Gasteiger partial charge in [-0.15, -0.1) is 0 Å². The lowest BCUT2D eigenvalue weighted by Crippen LogP contribution is -2.48. The van der Waals surface area contributed by atoms with E-state index in [2.05, 4.69) is 5.32 Å². The number of carbonyl (C=O) groups is 2. The Balaban J connectivity index is 1.84. The highest BCUT2D eigenvalue weighted by atomic mass is 19.1. The van der Waals surface area contributed by atoms with E-state index in [1.54, 1.807) is 19.2 Å². The second kappa shape index (κ2) is 16.8. The van der Waals surface area contributed by atoms with Crippen molar-refractivity contribution in [1.82, 2.24) is 5.32 Å². The quantitative estimate of drug-likeness (QED) is 0.250. The Labute approximate surface area is 225 Å². The number of rotatable bonds is 18. The van der Waals surface area contributed by atoms with Gasteiger partial charge in [-0.1, -0.05) is 44.5 Å². The summed E-state index contributed by atoms with van der Waals surface area (Å²) in [6, 6.07) is 11.2. The van der Waals surface area contributed by atoms with Gasteiger partial charge in [0.25, 0.3) is 0 Å². The van der Waals surface area contributed by atoms with Gasteiger partial charge in [0.2, 0.25) is 11.8 Å². The van der Waals surface area contributed by atoms with Crippen LogP contribution in [0, 0.1) is 11.7 Å². The Morgan fingerprint density at radius 1 is 1.08 bits per heavy atom. The van der Waals surface area contributed by atoms with Crippen LogP contribution in [-0.2, 0) is 25.7 Å². The molecular weight excluding hydrogens is 489 g/mol. The molecule has 210 valence electrons. The van der Waals surface area contributed by atoms with Crippen molar-refractivity contribution in [3.8, 4) is 16.9 Å². The summed E-state index contributed by atoms with van der Waals surface area (Å²) in [7, 11) is 1.65. The van der Waals surface area contributed by atoms with Crippen LogP contribution in [0.25, 0.3) is 11.1 Å². The highest BCUT2D eigenvalue weighted by molar-refractivity contribution is 5.86. The Morgan fingerprint density at radius 2 is 1.82 bits per heavy atom. The minimum absolute atomic E-state index is 0.0202. The molecule has 3 atom stereocenters. The summed E-state index contributed by atoms with van der Waals surface area (Å²) in [5.41, 5.74) is 14.2. The molecule has 2 aromatic rings. The Bertz CT molecular complexity index is 1000. The predicted octanol–water partition coefficient (Wildman–Crippen LogP) is 3.94. The number of halogens is 1. The molecule has 0 aliphatic rings. The molecule has 0 saturated carbocycles. The molecule has 3 unspecified atom stereocenters. The molecule has 0 heterocycles. The zero-order chi connectivity index (χ0) is 27.9. The summed E-state index contributed by atoms with van der Waals surface area (Å²) in [6.07, 6.45) is 2.94. The predicted molar refractivity (Wildman–Crippen MR) is 146 cm³/mol. The number of ether oxygens (including phenoxy) is 3. The van der Waals surface area contributed by atoms with Gasteiger partial charge in [-0.3, -0.25) is 9.59 Å². The van der Waals surface area contributed by atoms with Crippen LogP contribution in [0.2, 0.25) is 0 Å². The summed E-state index contributed by atoms with van der Waals surface area (Å²) in [5, 5.41) is 2.73. The normalized spacial score (nSPS) is 13.5. The average Bonchev–Trinajstić information content (AvgIpc) is 2.90. The standard InChI is InChI=1S/C29H42FN3O5/c1-4-20(2)28(29(32)35)33-27(34)8-5-7-24(31)19-37-18-21-9-14-25(22-10-12-23(30)13-11-22)26(17-21)38-16-6-15-36-3/h9-14,17,20,24,28H,4-8,15-16,18-19,31H2,1-3H3,(H2,32,35)(H,33,34). The lowest BCUT2D eigenvalue weighted by atomic mass is 9.98. The van der Waals surface area contributed by atoms with Crippen molar-refractivity contribution >= 4 is 11.8 Å². The van der Waals surface area contributed by atoms with E-state index < -0.39 is 11.9 Å². The lowest BCUT2D eigenvalue weighted by molar-refractivity contribution is -0.128. The molecule has 2 rings (SSSR count). The highest BCUT2D eigenvalue weighted by Gasteiger charge is 2.23. The number of hydrogen-bond donors (Lipinski definition) is 3. The van der Waals surface area contributed by atoms with E-state index in [0.717, 1.165) is 29.5 Å². The molecule has 0 aliphatic heterocycles. The van der Waals surface area contributed by atoms with E-state index >= 15 is 0 Å². The maximum Gasteiger partial charge on any atom is 0.240 e. The zero-order valence-electron chi connectivity index (χ0n) is 22.7. The van der Waals surface area contributed by atoms with Crippen LogP contribution in [0.5, 0.6) is 5.75 Å². The van der Waals surface area contributed by atoms with Crippen LogP contribution in [-0.4, -0.2) is 50.8 Å². The number of methoxy groups -OCH3 is 1. The zero-order valence-corrected chi connectivity index (χ0v) is 22.7. The van der Waals surface area contributed by atoms with Crippen LogP contribution >= 0.6 is 0 Å². The van der Waals surface area contributed by atoms with Gasteiger partial charge in [-0.2, -0.15) is 0 Å². The number of primary amides is 1. The first kappa shape index (κ1) is 31.2. The number of nitrogens with one attached hydrogen (secondary N) is 1. The third kappa shape index (κ3) is 10.8. The maximum absolute atomic E-state index is 13.4. The molecule has 5 N–H and O–H groups in total. The monoisotopic (exact) mass is 531 g/mol. The molecule has 0 aromatic heterocycles. The molecule has 0 radical (unpaired) electrons. The van der Waals surface area contributed by atoms with Crippen LogP contribution in [0.3, 0.4) is 0 Å². The molecule has 0 spiro atoms. The van der Waals surface area contributed by atoms with E-state index in [9.17, 15) is 14.0 Å². The van der Waals surface area contributed by atoms with Crippen molar-refractivity contribution in [2.24, 2.45) is 17.4 Å². The van der Waals surface area contributed by atoms with E-state index in [1.165, 1.54) is 12.1 Å². The number of amides is 2. The van der Waals surface area contributed by atoms with Crippen molar-refractivity contribution in [3.05, 3.63) is 53.8 Å². The van der Waals surface area contributed by atoms with Gasteiger partial charge in [-0.25, -0.2) is 4.39 Å². The molecule has 2 amide bonds. The number of hydrogen-bond acceptors (Lipinski definition) is 6. The lowest BCUT2D eigenvalue weighted by Gasteiger charge is -2.21. The molecule has 0 fully saturated rings. The first-order valence-electron chi connectivity index (χ1n) is 13.2. The minimum atomic E-state index is -0.659. The maximum atomic E-state index is 13.4. The van der Waals surface area contributed by atoms with Crippen LogP contribution in [0.4, 0.5) is 4.39 Å². The largest absolute Gasteiger partial charge is 0.493 e. The molecule has 8 nitrogen and oxygen atoms in total. The second-order valence-corrected chi connectivity index (χ2v) is 9.53. The summed E-state index contributed by atoms with van der Waals surface area (Å²) in [6.45, 7) is 5.60. The van der Waals surface area contributed by atoms with Gasteiger partial charge < -0.3 is 31.0 Å². The van der Waals surface area contributed by atoms with Gasteiger partial charge in [0.05, 0.1) is 19.8 Å². The summed E-state index contributed by atoms with van der Waals surface area (Å²) in [4.78, 5) is 23.8. The first-order chi connectivity index (χ1) is 18.2. The highest BCUT2D eigenvalue weighted by Crippen LogP contribution is 2.31. The minimum Gasteiger partial charge on any atom is -0.493 e. The van der Waals surface area contributed by atoms with Gasteiger partial charge in [0.1, 0.15) is 17.6 Å². The summed E-state index contributed by atoms with van der Waals surface area (Å²) >= 11 is 0. The van der Waals surface area contributed by atoms with Crippen molar-refractivity contribution < 1.29 is 28.2 Å². The van der Waals surface area contributed by atoms with Crippen molar-refractivity contribution in [1.29, 1.82) is 0 Å². The molecule has 38 heavy (non-hydrogen) atoms. The molecule has 2 aromatic carbocycles. The van der Waals surface area contributed by atoms with Gasteiger partial charge >= 0.3 is 0 Å². The summed E-state index contributed by atoms with van der Waals surface area (Å²) in [5.74, 6) is -0.350. The summed E-state index contributed by atoms with van der Waals surface area (Å²) < 4.78 is 30.3. The third-order valence-electron chi connectivity index (χ3n) is 6.37. The van der Waals surface area contributed by atoms with Gasteiger partial charge in [0.15, 0.2) is 0 Å².